The van der Waals surface area contributed by atoms with Gasteiger partial charge in [-0.25, -0.2) is 14.3 Å². The van der Waals surface area contributed by atoms with Gasteiger partial charge in [0.25, 0.3) is 5.56 Å². The SMILES string of the molecule is C=CCn1c(=O)c2c(ncn2[C@@H](C)c2ccccc2)n(-c2cccc(Cl)c2)c1=O. The smallest absolute Gasteiger partial charge is 0.317 e. The molecule has 0 saturated heterocycles. The van der Waals surface area contributed by atoms with E-state index >= 15 is 0 Å². The summed E-state index contributed by atoms with van der Waals surface area (Å²) >= 11 is 6.14. The minimum absolute atomic E-state index is 0.0963. The monoisotopic (exact) mass is 406 g/mol. The summed E-state index contributed by atoms with van der Waals surface area (Å²) in [4.78, 5) is 30.8. The topological polar surface area (TPSA) is 61.8 Å². The van der Waals surface area contributed by atoms with Gasteiger partial charge in [0.15, 0.2) is 11.2 Å². The van der Waals surface area contributed by atoms with Gasteiger partial charge >= 0.3 is 5.69 Å². The van der Waals surface area contributed by atoms with Gasteiger partial charge in [-0.1, -0.05) is 54.1 Å². The minimum Gasteiger partial charge on any atom is -0.317 e. The Morgan fingerprint density at radius 2 is 1.90 bits per heavy atom. The molecule has 1 atom stereocenters. The molecule has 0 radical (unpaired) electrons. The van der Waals surface area contributed by atoms with Crippen molar-refractivity contribution in [2.24, 2.45) is 0 Å². The average Bonchev–Trinajstić information content (AvgIpc) is 3.16. The van der Waals surface area contributed by atoms with E-state index in [1.165, 1.54) is 10.6 Å². The molecule has 0 aliphatic heterocycles. The van der Waals surface area contributed by atoms with Crippen molar-refractivity contribution in [1.82, 2.24) is 18.7 Å². The first-order valence-electron chi connectivity index (χ1n) is 9.17. The Labute approximate surface area is 171 Å². The summed E-state index contributed by atoms with van der Waals surface area (Å²) in [6, 6.07) is 16.6. The molecule has 2 aromatic heterocycles. The molecule has 0 aliphatic carbocycles. The van der Waals surface area contributed by atoms with Crippen LogP contribution in [0.25, 0.3) is 16.9 Å². The molecule has 0 fully saturated rings. The molecule has 2 aromatic carbocycles. The Hall–Kier alpha value is -3.38. The van der Waals surface area contributed by atoms with Gasteiger partial charge in [-0.15, -0.1) is 6.58 Å². The Balaban J connectivity index is 2.07. The maximum atomic E-state index is 13.2. The Morgan fingerprint density at radius 3 is 2.59 bits per heavy atom. The summed E-state index contributed by atoms with van der Waals surface area (Å²) in [5, 5.41) is 0.487. The molecular formula is C22H19ClN4O2. The van der Waals surface area contributed by atoms with Gasteiger partial charge in [0.1, 0.15) is 0 Å². The second-order valence-electron chi connectivity index (χ2n) is 6.71. The van der Waals surface area contributed by atoms with E-state index in [9.17, 15) is 9.59 Å². The van der Waals surface area contributed by atoms with Crippen molar-refractivity contribution in [2.75, 3.05) is 0 Å². The third kappa shape index (κ3) is 3.21. The van der Waals surface area contributed by atoms with Crippen LogP contribution in [0, 0.1) is 0 Å². The third-order valence-electron chi connectivity index (χ3n) is 4.93. The number of benzene rings is 2. The third-order valence-corrected chi connectivity index (χ3v) is 5.17. The fourth-order valence-electron chi connectivity index (χ4n) is 3.47. The van der Waals surface area contributed by atoms with E-state index in [-0.39, 0.29) is 12.6 Å². The minimum atomic E-state index is -0.484. The largest absolute Gasteiger partial charge is 0.337 e. The summed E-state index contributed by atoms with van der Waals surface area (Å²) < 4.78 is 4.37. The van der Waals surface area contributed by atoms with Crippen LogP contribution in [0.1, 0.15) is 18.5 Å². The number of hydrogen-bond acceptors (Lipinski definition) is 3. The number of hydrogen-bond donors (Lipinski definition) is 0. The summed E-state index contributed by atoms with van der Waals surface area (Å²) in [7, 11) is 0. The molecule has 0 saturated carbocycles. The number of imidazole rings is 1. The number of fused-ring (bicyclic) bond motifs is 1. The van der Waals surface area contributed by atoms with Crippen molar-refractivity contribution in [1.29, 1.82) is 0 Å². The highest BCUT2D eigenvalue weighted by molar-refractivity contribution is 6.30. The molecule has 0 N–H and O–H groups in total. The lowest BCUT2D eigenvalue weighted by atomic mass is 10.1. The van der Waals surface area contributed by atoms with E-state index in [4.69, 9.17) is 11.6 Å². The summed E-state index contributed by atoms with van der Waals surface area (Å²) in [6.45, 7) is 5.76. The number of aromatic nitrogens is 4. The molecule has 4 rings (SSSR count). The van der Waals surface area contributed by atoms with Crippen molar-refractivity contribution in [2.45, 2.75) is 19.5 Å². The van der Waals surface area contributed by atoms with E-state index in [0.29, 0.717) is 21.9 Å². The van der Waals surface area contributed by atoms with Crippen LogP contribution < -0.4 is 11.2 Å². The fourth-order valence-corrected chi connectivity index (χ4v) is 3.66. The van der Waals surface area contributed by atoms with Gasteiger partial charge in [-0.05, 0) is 30.7 Å². The lowest BCUT2D eigenvalue weighted by molar-refractivity contribution is 0.642. The van der Waals surface area contributed by atoms with Gasteiger partial charge in [0.2, 0.25) is 0 Å². The Kier molecular flexibility index (Phi) is 4.94. The lowest BCUT2D eigenvalue weighted by Crippen LogP contribution is -2.40. The molecule has 7 heteroatoms. The van der Waals surface area contributed by atoms with Crippen LogP contribution >= 0.6 is 11.6 Å². The van der Waals surface area contributed by atoms with Crippen molar-refractivity contribution in [3.8, 4) is 5.69 Å². The first-order valence-corrected chi connectivity index (χ1v) is 9.55. The highest BCUT2D eigenvalue weighted by Crippen LogP contribution is 2.23. The molecule has 2 heterocycles. The predicted octanol–water partition coefficient (Wildman–Crippen LogP) is 3.80. The maximum absolute atomic E-state index is 13.2. The van der Waals surface area contributed by atoms with Crippen LogP contribution in [0.2, 0.25) is 5.02 Å². The average molecular weight is 407 g/mol. The highest BCUT2D eigenvalue weighted by atomic mass is 35.5. The molecule has 146 valence electrons. The van der Waals surface area contributed by atoms with Crippen LogP contribution in [-0.2, 0) is 6.54 Å². The van der Waals surface area contributed by atoms with Crippen LogP contribution in [0.15, 0.2) is 83.2 Å². The molecule has 29 heavy (non-hydrogen) atoms. The normalized spacial score (nSPS) is 12.2. The maximum Gasteiger partial charge on any atom is 0.337 e. The quantitative estimate of drug-likeness (QED) is 0.473. The number of halogens is 1. The lowest BCUT2D eigenvalue weighted by Gasteiger charge is -2.16. The van der Waals surface area contributed by atoms with Crippen LogP contribution in [-0.4, -0.2) is 18.7 Å². The van der Waals surface area contributed by atoms with E-state index in [1.807, 2.05) is 37.3 Å². The summed E-state index contributed by atoms with van der Waals surface area (Å²) in [5.74, 6) is 0. The van der Waals surface area contributed by atoms with Crippen LogP contribution in [0.3, 0.4) is 0 Å². The standard InChI is InChI=1S/C22H19ClN4O2/c1-3-12-25-21(28)19-20(27(22(25)29)18-11-7-10-17(23)13-18)24-14-26(19)15(2)16-8-5-4-6-9-16/h3-11,13-15H,1,12H2,2H3/t15-/m0/s1. The van der Waals surface area contributed by atoms with Gasteiger partial charge in [0, 0.05) is 11.6 Å². The number of nitrogens with zero attached hydrogens (tertiary/aromatic N) is 4. The fraction of sp³-hybridized carbons (Fsp3) is 0.136. The molecule has 0 spiro atoms. The van der Waals surface area contributed by atoms with E-state index < -0.39 is 11.2 Å². The second kappa shape index (κ2) is 7.56. The van der Waals surface area contributed by atoms with Crippen molar-refractivity contribution < 1.29 is 0 Å². The van der Waals surface area contributed by atoms with Gasteiger partial charge in [-0.3, -0.25) is 9.36 Å². The zero-order valence-electron chi connectivity index (χ0n) is 15.8. The van der Waals surface area contributed by atoms with Crippen molar-refractivity contribution >= 4 is 22.8 Å². The van der Waals surface area contributed by atoms with Crippen LogP contribution in [0.5, 0.6) is 0 Å². The molecular weight excluding hydrogens is 388 g/mol. The Morgan fingerprint density at radius 1 is 1.14 bits per heavy atom. The Bertz CT molecular complexity index is 1320. The van der Waals surface area contributed by atoms with Crippen molar-refractivity contribution in [3.63, 3.8) is 0 Å². The van der Waals surface area contributed by atoms with E-state index in [0.717, 1.165) is 10.1 Å². The first-order chi connectivity index (χ1) is 14.0. The molecule has 0 amide bonds. The van der Waals surface area contributed by atoms with Gasteiger partial charge in [-0.2, -0.15) is 0 Å². The van der Waals surface area contributed by atoms with Gasteiger partial charge < -0.3 is 4.57 Å². The summed E-state index contributed by atoms with van der Waals surface area (Å²) in [5.41, 5.74) is 1.34. The molecule has 6 nitrogen and oxygen atoms in total. The zero-order chi connectivity index (χ0) is 20.5. The number of rotatable bonds is 5. The molecule has 4 aromatic rings. The summed E-state index contributed by atoms with van der Waals surface area (Å²) in [6.07, 6.45) is 3.13. The highest BCUT2D eigenvalue weighted by Gasteiger charge is 2.21. The second-order valence-corrected chi connectivity index (χ2v) is 7.15. The van der Waals surface area contributed by atoms with Crippen LogP contribution in [0.4, 0.5) is 0 Å². The molecule has 0 bridgehead atoms. The molecule has 0 unspecified atom stereocenters. The first kappa shape index (κ1) is 19.0. The zero-order valence-corrected chi connectivity index (χ0v) is 16.6. The van der Waals surface area contributed by atoms with Crippen molar-refractivity contribution in [3.05, 3.63) is 105 Å². The number of allylic oxidation sites excluding steroid dienone is 1. The molecule has 0 aliphatic rings. The van der Waals surface area contributed by atoms with Gasteiger partial charge in [0.05, 0.1) is 18.1 Å². The van der Waals surface area contributed by atoms with E-state index in [2.05, 4.69) is 11.6 Å². The predicted molar refractivity (Wildman–Crippen MR) is 115 cm³/mol. The van der Waals surface area contributed by atoms with E-state index in [1.54, 1.807) is 35.2 Å².